The van der Waals surface area contributed by atoms with Gasteiger partial charge in [-0.2, -0.15) is 0 Å². The van der Waals surface area contributed by atoms with Crippen molar-refractivity contribution in [3.63, 3.8) is 0 Å². The lowest BCUT2D eigenvalue weighted by Crippen LogP contribution is -1.90. The molecule has 3 rings (SSSR count). The Morgan fingerprint density at radius 1 is 0.720 bits per heavy atom. The van der Waals surface area contributed by atoms with Crippen molar-refractivity contribution < 1.29 is 24.1 Å². The van der Waals surface area contributed by atoms with E-state index in [0.717, 1.165) is 22.6 Å². The number of furan rings is 1. The van der Waals surface area contributed by atoms with Crippen molar-refractivity contribution in [3.8, 4) is 23.0 Å². The van der Waals surface area contributed by atoms with Gasteiger partial charge in [0.05, 0.1) is 14.2 Å². The van der Waals surface area contributed by atoms with E-state index < -0.39 is 0 Å². The van der Waals surface area contributed by atoms with Gasteiger partial charge in [0.15, 0.2) is 23.0 Å². The molecule has 5 nitrogen and oxygen atoms in total. The predicted molar refractivity (Wildman–Crippen MR) is 93.6 cm³/mol. The second-order valence-corrected chi connectivity index (χ2v) is 5.73. The molecule has 130 valence electrons. The molecule has 0 spiro atoms. The third-order valence-corrected chi connectivity index (χ3v) is 3.96. The second kappa shape index (κ2) is 7.21. The highest BCUT2D eigenvalue weighted by molar-refractivity contribution is 5.43. The summed E-state index contributed by atoms with van der Waals surface area (Å²) in [6.45, 7) is 0. The Kier molecular flexibility index (Phi) is 4.84. The molecule has 25 heavy (non-hydrogen) atoms. The summed E-state index contributed by atoms with van der Waals surface area (Å²) in [6.07, 6.45) is 1.21. The number of rotatable bonds is 6. The van der Waals surface area contributed by atoms with Gasteiger partial charge in [-0.05, 0) is 47.5 Å². The van der Waals surface area contributed by atoms with Crippen molar-refractivity contribution in [2.24, 2.45) is 0 Å². The summed E-state index contributed by atoms with van der Waals surface area (Å²) in [5.41, 5.74) is 1.98. The maximum absolute atomic E-state index is 9.66. The van der Waals surface area contributed by atoms with E-state index in [4.69, 9.17) is 13.9 Å². The monoisotopic (exact) mass is 340 g/mol. The van der Waals surface area contributed by atoms with Gasteiger partial charge in [-0.25, -0.2) is 0 Å². The van der Waals surface area contributed by atoms with Gasteiger partial charge in [0.2, 0.25) is 0 Å². The molecule has 0 aliphatic carbocycles. The summed E-state index contributed by atoms with van der Waals surface area (Å²) < 4.78 is 16.1. The maximum Gasteiger partial charge on any atom is 0.160 e. The van der Waals surface area contributed by atoms with Gasteiger partial charge in [-0.15, -0.1) is 0 Å². The van der Waals surface area contributed by atoms with Crippen LogP contribution in [0.1, 0.15) is 22.6 Å². The van der Waals surface area contributed by atoms with Crippen molar-refractivity contribution in [2.45, 2.75) is 12.8 Å². The molecule has 0 bridgehead atoms. The first kappa shape index (κ1) is 16.8. The Morgan fingerprint density at radius 2 is 1.16 bits per heavy atom. The summed E-state index contributed by atoms with van der Waals surface area (Å²) in [6, 6.07) is 14.4. The fourth-order valence-electron chi connectivity index (χ4n) is 2.68. The van der Waals surface area contributed by atoms with Crippen molar-refractivity contribution in [1.29, 1.82) is 0 Å². The molecule has 0 atom stereocenters. The van der Waals surface area contributed by atoms with Crippen molar-refractivity contribution >= 4 is 0 Å². The molecule has 0 fully saturated rings. The van der Waals surface area contributed by atoms with E-state index in [9.17, 15) is 10.2 Å². The number of hydrogen-bond acceptors (Lipinski definition) is 5. The molecular weight excluding hydrogens is 320 g/mol. The molecule has 0 radical (unpaired) electrons. The van der Waals surface area contributed by atoms with E-state index in [1.807, 2.05) is 24.3 Å². The third-order valence-electron chi connectivity index (χ3n) is 3.96. The summed E-state index contributed by atoms with van der Waals surface area (Å²) in [4.78, 5) is 0. The Balaban J connectivity index is 1.72. The Morgan fingerprint density at radius 3 is 1.56 bits per heavy atom. The molecule has 3 aromatic rings. The van der Waals surface area contributed by atoms with Gasteiger partial charge in [0, 0.05) is 12.8 Å². The average Bonchev–Trinajstić information content (AvgIpc) is 3.05. The van der Waals surface area contributed by atoms with Crippen LogP contribution in [-0.2, 0) is 12.8 Å². The normalized spacial score (nSPS) is 10.6. The lowest BCUT2D eigenvalue weighted by molar-refractivity contribution is 0.372. The quantitative estimate of drug-likeness (QED) is 0.712. The largest absolute Gasteiger partial charge is 0.504 e. The number of aromatic hydroxyl groups is 2. The van der Waals surface area contributed by atoms with Crippen LogP contribution in [0.25, 0.3) is 0 Å². The Bertz CT molecular complexity index is 796. The zero-order chi connectivity index (χ0) is 17.8. The number of phenolic OH excluding ortho intramolecular Hbond substituents is 2. The first-order valence-corrected chi connectivity index (χ1v) is 7.88. The Hall–Kier alpha value is -3.08. The van der Waals surface area contributed by atoms with E-state index in [1.54, 1.807) is 24.3 Å². The van der Waals surface area contributed by atoms with Gasteiger partial charge >= 0.3 is 0 Å². The summed E-state index contributed by atoms with van der Waals surface area (Å²) in [5.74, 6) is 2.78. The standard InChI is InChI=1S/C20H20O5/c1-23-19-11-13(3-7-17(19)21)9-15-5-6-16(25-15)10-14-4-8-18(22)20(12-14)24-2/h3-8,11-12,21-22H,9-10H2,1-2H3. The highest BCUT2D eigenvalue weighted by Crippen LogP contribution is 2.29. The van der Waals surface area contributed by atoms with Crippen LogP contribution >= 0.6 is 0 Å². The Labute approximate surface area is 146 Å². The van der Waals surface area contributed by atoms with Crippen molar-refractivity contribution in [1.82, 2.24) is 0 Å². The molecule has 0 aliphatic rings. The van der Waals surface area contributed by atoms with Crippen LogP contribution in [0, 0.1) is 0 Å². The lowest BCUT2D eigenvalue weighted by Gasteiger charge is -2.06. The molecule has 2 aromatic carbocycles. The summed E-state index contributed by atoms with van der Waals surface area (Å²) in [5, 5.41) is 19.3. The van der Waals surface area contributed by atoms with Crippen LogP contribution in [0.2, 0.25) is 0 Å². The van der Waals surface area contributed by atoms with Crippen LogP contribution in [0.5, 0.6) is 23.0 Å². The first-order chi connectivity index (χ1) is 12.1. The number of hydrogen-bond donors (Lipinski definition) is 2. The minimum Gasteiger partial charge on any atom is -0.504 e. The van der Waals surface area contributed by atoms with E-state index >= 15 is 0 Å². The number of ether oxygens (including phenoxy) is 2. The van der Waals surface area contributed by atoms with E-state index in [-0.39, 0.29) is 11.5 Å². The summed E-state index contributed by atoms with van der Waals surface area (Å²) in [7, 11) is 3.05. The van der Waals surface area contributed by atoms with Gasteiger partial charge in [-0.1, -0.05) is 12.1 Å². The van der Waals surface area contributed by atoms with Crippen LogP contribution in [-0.4, -0.2) is 24.4 Å². The molecule has 0 saturated heterocycles. The fraction of sp³-hybridized carbons (Fsp3) is 0.200. The smallest absolute Gasteiger partial charge is 0.160 e. The van der Waals surface area contributed by atoms with Gasteiger partial charge in [0.25, 0.3) is 0 Å². The highest BCUT2D eigenvalue weighted by atomic mass is 16.5. The van der Waals surface area contributed by atoms with E-state index in [2.05, 4.69) is 0 Å². The van der Waals surface area contributed by atoms with Crippen molar-refractivity contribution in [3.05, 3.63) is 71.2 Å². The SMILES string of the molecule is COc1cc(Cc2ccc(Cc3ccc(O)c(OC)c3)o2)ccc1O. The number of benzene rings is 2. The second-order valence-electron chi connectivity index (χ2n) is 5.73. The number of phenols is 2. The zero-order valence-corrected chi connectivity index (χ0v) is 14.2. The minimum atomic E-state index is 0.118. The van der Waals surface area contributed by atoms with E-state index in [0.29, 0.717) is 24.3 Å². The minimum absolute atomic E-state index is 0.118. The topological polar surface area (TPSA) is 72.1 Å². The predicted octanol–water partition coefficient (Wildman–Crippen LogP) is 3.89. The van der Waals surface area contributed by atoms with Crippen LogP contribution < -0.4 is 9.47 Å². The van der Waals surface area contributed by atoms with Gasteiger partial charge < -0.3 is 24.1 Å². The lowest BCUT2D eigenvalue weighted by atomic mass is 10.1. The zero-order valence-electron chi connectivity index (χ0n) is 14.2. The molecule has 0 unspecified atom stereocenters. The molecule has 0 aliphatic heterocycles. The maximum atomic E-state index is 9.66. The fourth-order valence-corrected chi connectivity index (χ4v) is 2.68. The average molecular weight is 340 g/mol. The van der Waals surface area contributed by atoms with Crippen LogP contribution in [0.4, 0.5) is 0 Å². The molecule has 5 heteroatoms. The van der Waals surface area contributed by atoms with Crippen LogP contribution in [0.3, 0.4) is 0 Å². The van der Waals surface area contributed by atoms with Crippen molar-refractivity contribution in [2.75, 3.05) is 14.2 Å². The molecule has 0 amide bonds. The molecule has 1 aromatic heterocycles. The van der Waals surface area contributed by atoms with Gasteiger partial charge in [0.1, 0.15) is 11.5 Å². The number of methoxy groups -OCH3 is 2. The van der Waals surface area contributed by atoms with E-state index in [1.165, 1.54) is 14.2 Å². The first-order valence-electron chi connectivity index (χ1n) is 7.88. The molecular formula is C20H20O5. The third kappa shape index (κ3) is 3.88. The summed E-state index contributed by atoms with van der Waals surface area (Å²) >= 11 is 0. The molecule has 0 saturated carbocycles. The molecule has 1 heterocycles. The van der Waals surface area contributed by atoms with Gasteiger partial charge in [-0.3, -0.25) is 0 Å². The molecule has 2 N–H and O–H groups in total. The van der Waals surface area contributed by atoms with Crippen LogP contribution in [0.15, 0.2) is 52.9 Å². The highest BCUT2D eigenvalue weighted by Gasteiger charge is 2.09.